The lowest BCUT2D eigenvalue weighted by Crippen LogP contribution is -2.44. The Morgan fingerprint density at radius 2 is 2.15 bits per heavy atom. The van der Waals surface area contributed by atoms with Crippen molar-refractivity contribution in [1.29, 1.82) is 0 Å². The van der Waals surface area contributed by atoms with Crippen molar-refractivity contribution in [2.45, 2.75) is 26.5 Å². The maximum absolute atomic E-state index is 12.4. The molecule has 142 valence electrons. The molecule has 9 heteroatoms. The molecule has 8 nitrogen and oxygen atoms in total. The third-order valence-corrected chi connectivity index (χ3v) is 5.08. The van der Waals surface area contributed by atoms with Crippen LogP contribution in [0.2, 0.25) is 0 Å². The summed E-state index contributed by atoms with van der Waals surface area (Å²) in [5.74, 6) is 0.254. The second kappa shape index (κ2) is 7.75. The highest BCUT2D eigenvalue weighted by atomic mass is 32.1. The van der Waals surface area contributed by atoms with Gasteiger partial charge in [0.1, 0.15) is 18.1 Å². The number of fused-ring (bicyclic) bond motifs is 1. The number of carbonyl (C=O) groups is 2. The fraction of sp³-hybridized carbons (Fsp3) is 0.333. The molecule has 1 N–H and O–H groups in total. The van der Waals surface area contributed by atoms with Crippen LogP contribution in [-0.4, -0.2) is 46.8 Å². The Kier molecular flexibility index (Phi) is 5.41. The Morgan fingerprint density at radius 1 is 1.37 bits per heavy atom. The quantitative estimate of drug-likeness (QED) is 0.696. The van der Waals surface area contributed by atoms with Gasteiger partial charge in [-0.05, 0) is 26.0 Å². The Balaban J connectivity index is 1.64. The lowest BCUT2D eigenvalue weighted by atomic mass is 10.2. The van der Waals surface area contributed by atoms with Gasteiger partial charge < -0.3 is 19.4 Å². The lowest BCUT2D eigenvalue weighted by Gasteiger charge is -2.22. The summed E-state index contributed by atoms with van der Waals surface area (Å²) in [5, 5.41) is 3.50. The smallest absolute Gasteiger partial charge is 0.276 e. The average Bonchev–Trinajstić information content (AvgIpc) is 3.28. The summed E-state index contributed by atoms with van der Waals surface area (Å²) in [5.41, 5.74) is 1.00. The molecule has 0 unspecified atom stereocenters. The number of amides is 2. The number of likely N-dealkylation sites (N-methyl/N-ethyl adjacent to an activating group) is 2. The highest BCUT2D eigenvalue weighted by Crippen LogP contribution is 2.26. The minimum atomic E-state index is -0.618. The van der Waals surface area contributed by atoms with Crippen LogP contribution in [0, 0.1) is 6.92 Å². The summed E-state index contributed by atoms with van der Waals surface area (Å²) in [4.78, 5) is 34.0. The van der Waals surface area contributed by atoms with E-state index in [0.29, 0.717) is 5.75 Å². The number of thiazole rings is 1. The Hall–Kier alpha value is -2.94. The molecule has 0 aliphatic heterocycles. The predicted octanol–water partition coefficient (Wildman–Crippen LogP) is 2.38. The predicted molar refractivity (Wildman–Crippen MR) is 101 cm³/mol. The molecule has 0 radical (unpaired) electrons. The second-order valence-corrected chi connectivity index (χ2v) is 7.22. The first kappa shape index (κ1) is 18.8. The Labute approximate surface area is 160 Å². The van der Waals surface area contributed by atoms with Gasteiger partial charge in [0.05, 0.1) is 15.2 Å². The molecule has 0 aliphatic carbocycles. The third-order valence-electron chi connectivity index (χ3n) is 4.13. The average molecular weight is 388 g/mol. The summed E-state index contributed by atoms with van der Waals surface area (Å²) in [6.45, 7) is 3.67. The van der Waals surface area contributed by atoms with E-state index in [1.54, 1.807) is 18.3 Å². The molecule has 0 saturated carbocycles. The minimum Gasteiger partial charge on any atom is -0.484 e. The van der Waals surface area contributed by atoms with Crippen LogP contribution < -0.4 is 10.1 Å². The van der Waals surface area contributed by atoms with Crippen LogP contribution in [0.1, 0.15) is 28.3 Å². The van der Waals surface area contributed by atoms with Gasteiger partial charge in [-0.2, -0.15) is 0 Å². The summed E-state index contributed by atoms with van der Waals surface area (Å²) >= 11 is 1.62. The number of nitrogens with zero attached hydrogens (tertiary/aromatic N) is 3. The summed E-state index contributed by atoms with van der Waals surface area (Å²) < 4.78 is 12.1. The van der Waals surface area contributed by atoms with Crippen molar-refractivity contribution in [1.82, 2.24) is 20.2 Å². The van der Waals surface area contributed by atoms with E-state index in [1.165, 1.54) is 25.3 Å². The maximum atomic E-state index is 12.4. The van der Waals surface area contributed by atoms with E-state index >= 15 is 0 Å². The van der Waals surface area contributed by atoms with E-state index in [0.717, 1.165) is 15.2 Å². The van der Waals surface area contributed by atoms with Gasteiger partial charge in [-0.15, -0.1) is 11.3 Å². The zero-order chi connectivity index (χ0) is 19.6. The van der Waals surface area contributed by atoms with E-state index in [4.69, 9.17) is 9.15 Å². The van der Waals surface area contributed by atoms with Crippen LogP contribution in [0.3, 0.4) is 0 Å². The topological polar surface area (TPSA) is 97.6 Å². The SMILES string of the molecule is CNC(=O)[C@H](C)N(C)C(=O)c1coc(COc2ccc3sc(C)nc3c2)n1. The fourth-order valence-electron chi connectivity index (χ4n) is 2.47. The van der Waals surface area contributed by atoms with E-state index in [2.05, 4.69) is 15.3 Å². The number of hydrogen-bond donors (Lipinski definition) is 1. The minimum absolute atomic E-state index is 0.0800. The number of nitrogens with one attached hydrogen (secondary N) is 1. The molecular weight excluding hydrogens is 368 g/mol. The molecular formula is C18H20N4O4S. The monoisotopic (exact) mass is 388 g/mol. The molecule has 1 aromatic carbocycles. The summed E-state index contributed by atoms with van der Waals surface area (Å²) in [6.07, 6.45) is 1.26. The number of rotatable bonds is 6. The first-order valence-corrected chi connectivity index (χ1v) is 9.14. The van der Waals surface area contributed by atoms with E-state index in [-0.39, 0.29) is 24.1 Å². The van der Waals surface area contributed by atoms with Gasteiger partial charge in [0, 0.05) is 20.2 Å². The molecule has 0 aliphatic rings. The van der Waals surface area contributed by atoms with Crippen molar-refractivity contribution in [2.24, 2.45) is 0 Å². The van der Waals surface area contributed by atoms with E-state index < -0.39 is 11.9 Å². The van der Waals surface area contributed by atoms with Gasteiger partial charge in [0.2, 0.25) is 11.8 Å². The van der Waals surface area contributed by atoms with Crippen molar-refractivity contribution in [3.63, 3.8) is 0 Å². The molecule has 3 aromatic rings. The van der Waals surface area contributed by atoms with Crippen LogP contribution in [-0.2, 0) is 11.4 Å². The molecule has 0 saturated heterocycles. The number of hydrogen-bond acceptors (Lipinski definition) is 7. The first-order valence-electron chi connectivity index (χ1n) is 8.32. The first-order chi connectivity index (χ1) is 12.9. The molecule has 1 atom stereocenters. The van der Waals surface area contributed by atoms with Gasteiger partial charge in [-0.25, -0.2) is 9.97 Å². The zero-order valence-corrected chi connectivity index (χ0v) is 16.3. The van der Waals surface area contributed by atoms with Crippen LogP contribution >= 0.6 is 11.3 Å². The van der Waals surface area contributed by atoms with Crippen LogP contribution in [0.5, 0.6) is 5.75 Å². The number of aryl methyl sites for hydroxylation is 1. The molecule has 0 spiro atoms. The maximum Gasteiger partial charge on any atom is 0.276 e. The molecule has 3 rings (SSSR count). The third kappa shape index (κ3) is 4.08. The lowest BCUT2D eigenvalue weighted by molar-refractivity contribution is -0.124. The van der Waals surface area contributed by atoms with Crippen molar-refractivity contribution < 1.29 is 18.7 Å². The Morgan fingerprint density at radius 3 is 2.89 bits per heavy atom. The largest absolute Gasteiger partial charge is 0.484 e. The second-order valence-electron chi connectivity index (χ2n) is 5.98. The molecule has 0 bridgehead atoms. The molecule has 2 aromatic heterocycles. The number of carbonyl (C=O) groups excluding carboxylic acids is 2. The van der Waals surface area contributed by atoms with E-state index in [9.17, 15) is 9.59 Å². The molecule has 27 heavy (non-hydrogen) atoms. The number of ether oxygens (including phenoxy) is 1. The zero-order valence-electron chi connectivity index (χ0n) is 15.5. The van der Waals surface area contributed by atoms with Crippen LogP contribution in [0.4, 0.5) is 0 Å². The van der Waals surface area contributed by atoms with Gasteiger partial charge in [-0.3, -0.25) is 9.59 Å². The number of aromatic nitrogens is 2. The summed E-state index contributed by atoms with van der Waals surface area (Å²) in [6, 6.07) is 5.04. The van der Waals surface area contributed by atoms with Gasteiger partial charge >= 0.3 is 0 Å². The molecule has 2 heterocycles. The van der Waals surface area contributed by atoms with Gasteiger partial charge in [0.15, 0.2) is 12.3 Å². The van der Waals surface area contributed by atoms with Gasteiger partial charge in [-0.1, -0.05) is 0 Å². The highest BCUT2D eigenvalue weighted by molar-refractivity contribution is 7.18. The summed E-state index contributed by atoms with van der Waals surface area (Å²) in [7, 11) is 3.06. The Bertz CT molecular complexity index is 981. The van der Waals surface area contributed by atoms with Crippen molar-refractivity contribution in [2.75, 3.05) is 14.1 Å². The van der Waals surface area contributed by atoms with Crippen LogP contribution in [0.15, 0.2) is 28.9 Å². The number of oxazole rings is 1. The van der Waals surface area contributed by atoms with Crippen LogP contribution in [0.25, 0.3) is 10.2 Å². The van der Waals surface area contributed by atoms with Gasteiger partial charge in [0.25, 0.3) is 5.91 Å². The molecule has 2 amide bonds. The standard InChI is InChI=1S/C18H20N4O4S/c1-10(17(23)19-3)22(4)18(24)14-8-26-16(21-14)9-25-12-5-6-15-13(7-12)20-11(2)27-15/h5-8,10H,9H2,1-4H3,(H,19,23)/t10-/m0/s1. The van der Waals surface area contributed by atoms with E-state index in [1.807, 2.05) is 25.1 Å². The van der Waals surface area contributed by atoms with Crippen molar-refractivity contribution in [3.8, 4) is 5.75 Å². The number of benzene rings is 1. The normalized spacial score (nSPS) is 12.0. The molecule has 0 fully saturated rings. The highest BCUT2D eigenvalue weighted by Gasteiger charge is 2.24. The van der Waals surface area contributed by atoms with Crippen molar-refractivity contribution >= 4 is 33.4 Å². The van der Waals surface area contributed by atoms with Crippen molar-refractivity contribution in [3.05, 3.63) is 41.1 Å². The fourth-order valence-corrected chi connectivity index (χ4v) is 3.28.